The van der Waals surface area contributed by atoms with Crippen molar-refractivity contribution < 1.29 is 4.79 Å². The average Bonchev–Trinajstić information content (AvgIpc) is 3.33. The lowest BCUT2D eigenvalue weighted by atomic mass is 9.77. The van der Waals surface area contributed by atoms with Crippen LogP contribution in [-0.2, 0) is 17.8 Å². The molecule has 2 saturated heterocycles. The summed E-state index contributed by atoms with van der Waals surface area (Å²) in [6.45, 7) is 5.98. The van der Waals surface area contributed by atoms with Crippen molar-refractivity contribution in [1.29, 1.82) is 0 Å². The molecule has 1 aromatic carbocycles. The van der Waals surface area contributed by atoms with E-state index in [1.54, 1.807) is 11.0 Å². The summed E-state index contributed by atoms with van der Waals surface area (Å²) in [6, 6.07) is 10.6. The number of aromatic nitrogens is 4. The third kappa shape index (κ3) is 4.76. The summed E-state index contributed by atoms with van der Waals surface area (Å²) < 4.78 is 1.79. The maximum Gasteiger partial charge on any atom is 0.223 e. The van der Waals surface area contributed by atoms with E-state index in [2.05, 4.69) is 55.7 Å². The van der Waals surface area contributed by atoms with Gasteiger partial charge in [0.1, 0.15) is 6.33 Å². The van der Waals surface area contributed by atoms with Crippen molar-refractivity contribution in [3.63, 3.8) is 0 Å². The summed E-state index contributed by atoms with van der Waals surface area (Å²) in [7, 11) is 0. The van der Waals surface area contributed by atoms with E-state index in [1.165, 1.54) is 5.56 Å². The van der Waals surface area contributed by atoms with E-state index < -0.39 is 0 Å². The number of likely N-dealkylation sites (tertiary alicyclic amines) is 2. The van der Waals surface area contributed by atoms with Crippen molar-refractivity contribution in [3.8, 4) is 0 Å². The molecule has 0 unspecified atom stereocenters. The zero-order valence-electron chi connectivity index (χ0n) is 16.5. The SMILES string of the molecule is O=C1CC2(CCN(CCCn3cnnn3)CC2)CN1CCCc1ccccc1. The fraction of sp³-hybridized carbons (Fsp3) is 0.619. The van der Waals surface area contributed by atoms with E-state index in [9.17, 15) is 4.79 Å². The Hall–Kier alpha value is -2.28. The van der Waals surface area contributed by atoms with Gasteiger partial charge in [-0.3, -0.25) is 4.79 Å². The number of benzene rings is 1. The monoisotopic (exact) mass is 382 g/mol. The highest BCUT2D eigenvalue weighted by Crippen LogP contribution is 2.41. The van der Waals surface area contributed by atoms with Gasteiger partial charge in [-0.2, -0.15) is 0 Å². The lowest BCUT2D eigenvalue weighted by Crippen LogP contribution is -2.42. The molecule has 2 aromatic rings. The Morgan fingerprint density at radius 1 is 1.00 bits per heavy atom. The number of carbonyl (C=O) groups excluding carboxylic acids is 1. The Morgan fingerprint density at radius 3 is 2.57 bits per heavy atom. The lowest BCUT2D eigenvalue weighted by Gasteiger charge is -2.38. The molecule has 1 spiro atoms. The average molecular weight is 383 g/mol. The highest BCUT2D eigenvalue weighted by atomic mass is 16.2. The molecule has 2 aliphatic rings. The standard InChI is InChI=1S/C21H30N6O/c28-20-16-21(17-26(20)12-4-8-19-6-2-1-3-7-19)9-14-25(15-10-21)11-5-13-27-18-22-23-24-27/h1-3,6-7,18H,4-5,8-17H2. The van der Waals surface area contributed by atoms with Crippen molar-refractivity contribution in [2.45, 2.75) is 45.1 Å². The summed E-state index contributed by atoms with van der Waals surface area (Å²) in [5, 5.41) is 11.3. The minimum absolute atomic E-state index is 0.218. The number of tetrazole rings is 1. The molecule has 1 amide bonds. The first-order chi connectivity index (χ1) is 13.7. The number of nitrogens with zero attached hydrogens (tertiary/aromatic N) is 6. The third-order valence-electron chi connectivity index (χ3n) is 6.31. The summed E-state index contributed by atoms with van der Waals surface area (Å²) in [4.78, 5) is 17.2. The maximum absolute atomic E-state index is 12.6. The lowest BCUT2D eigenvalue weighted by molar-refractivity contribution is -0.127. The highest BCUT2D eigenvalue weighted by molar-refractivity contribution is 5.79. The Bertz CT molecular complexity index is 740. The Kier molecular flexibility index (Phi) is 6.00. The van der Waals surface area contributed by atoms with E-state index in [0.29, 0.717) is 5.91 Å². The molecule has 0 bridgehead atoms. The van der Waals surface area contributed by atoms with Crippen LogP contribution in [0.1, 0.15) is 37.7 Å². The zero-order chi connectivity index (χ0) is 19.2. The molecule has 150 valence electrons. The number of carbonyl (C=O) groups is 1. The quantitative estimate of drug-likeness (QED) is 0.699. The van der Waals surface area contributed by atoms with Crippen LogP contribution in [0.15, 0.2) is 36.7 Å². The molecular formula is C21H30N6O. The van der Waals surface area contributed by atoms with Crippen molar-refractivity contribution in [3.05, 3.63) is 42.2 Å². The molecule has 0 radical (unpaired) electrons. The maximum atomic E-state index is 12.6. The predicted octanol–water partition coefficient (Wildman–Crippen LogP) is 2.01. The predicted molar refractivity (Wildman–Crippen MR) is 107 cm³/mol. The van der Waals surface area contributed by atoms with Gasteiger partial charge < -0.3 is 9.80 Å². The molecule has 0 aliphatic carbocycles. The Morgan fingerprint density at radius 2 is 1.82 bits per heavy atom. The molecule has 1 aromatic heterocycles. The van der Waals surface area contributed by atoms with Crippen LogP contribution in [0.2, 0.25) is 0 Å². The Balaban J connectivity index is 1.18. The van der Waals surface area contributed by atoms with Gasteiger partial charge in [0.25, 0.3) is 0 Å². The first kappa shape index (κ1) is 19.1. The van der Waals surface area contributed by atoms with Crippen LogP contribution < -0.4 is 0 Å². The first-order valence-corrected chi connectivity index (χ1v) is 10.5. The summed E-state index contributed by atoms with van der Waals surface area (Å²) in [5.41, 5.74) is 1.58. The minimum Gasteiger partial charge on any atom is -0.342 e. The fourth-order valence-corrected chi connectivity index (χ4v) is 4.63. The van der Waals surface area contributed by atoms with Gasteiger partial charge in [-0.15, -0.1) is 5.10 Å². The molecule has 2 aliphatic heterocycles. The van der Waals surface area contributed by atoms with Crippen LogP contribution in [0.3, 0.4) is 0 Å². The number of amides is 1. The van der Waals surface area contributed by atoms with Crippen molar-refractivity contribution in [2.24, 2.45) is 5.41 Å². The van der Waals surface area contributed by atoms with Gasteiger partial charge in [0, 0.05) is 26.1 Å². The third-order valence-corrected chi connectivity index (χ3v) is 6.31. The van der Waals surface area contributed by atoms with Crippen LogP contribution in [0.25, 0.3) is 0 Å². The molecule has 3 heterocycles. The van der Waals surface area contributed by atoms with Crippen LogP contribution in [0.5, 0.6) is 0 Å². The van der Waals surface area contributed by atoms with E-state index in [1.807, 2.05) is 0 Å². The van der Waals surface area contributed by atoms with Crippen LogP contribution in [0, 0.1) is 5.41 Å². The van der Waals surface area contributed by atoms with E-state index in [-0.39, 0.29) is 5.41 Å². The zero-order valence-corrected chi connectivity index (χ0v) is 16.5. The molecule has 0 saturated carbocycles. The van der Waals surface area contributed by atoms with E-state index in [0.717, 1.165) is 77.8 Å². The number of aryl methyl sites for hydroxylation is 2. The van der Waals surface area contributed by atoms with Gasteiger partial charge in [0.2, 0.25) is 5.91 Å². The minimum atomic E-state index is 0.218. The normalized spacial score (nSPS) is 19.6. The fourth-order valence-electron chi connectivity index (χ4n) is 4.63. The molecule has 4 rings (SSSR count). The second kappa shape index (κ2) is 8.82. The van der Waals surface area contributed by atoms with Crippen molar-refractivity contribution in [1.82, 2.24) is 30.0 Å². The number of hydrogen-bond donors (Lipinski definition) is 0. The van der Waals surface area contributed by atoms with E-state index in [4.69, 9.17) is 0 Å². The smallest absolute Gasteiger partial charge is 0.223 e. The van der Waals surface area contributed by atoms with Crippen molar-refractivity contribution >= 4 is 5.91 Å². The van der Waals surface area contributed by atoms with Crippen molar-refractivity contribution in [2.75, 3.05) is 32.7 Å². The van der Waals surface area contributed by atoms with Gasteiger partial charge in [-0.05, 0) is 73.1 Å². The van der Waals surface area contributed by atoms with Gasteiger partial charge in [0.15, 0.2) is 0 Å². The molecular weight excluding hydrogens is 352 g/mol. The summed E-state index contributed by atoms with van der Waals surface area (Å²) in [5.74, 6) is 0.361. The molecule has 7 heteroatoms. The molecule has 0 atom stereocenters. The second-order valence-electron chi connectivity index (χ2n) is 8.35. The van der Waals surface area contributed by atoms with Gasteiger partial charge >= 0.3 is 0 Å². The van der Waals surface area contributed by atoms with Gasteiger partial charge in [-0.25, -0.2) is 4.68 Å². The van der Waals surface area contributed by atoms with Crippen LogP contribution in [-0.4, -0.2) is 68.6 Å². The molecule has 28 heavy (non-hydrogen) atoms. The molecule has 0 N–H and O–H groups in total. The number of rotatable bonds is 8. The molecule has 2 fully saturated rings. The van der Waals surface area contributed by atoms with E-state index >= 15 is 0 Å². The highest BCUT2D eigenvalue weighted by Gasteiger charge is 2.44. The second-order valence-corrected chi connectivity index (χ2v) is 8.35. The Labute approximate surface area is 166 Å². The van der Waals surface area contributed by atoms with Gasteiger partial charge in [-0.1, -0.05) is 30.3 Å². The van der Waals surface area contributed by atoms with Crippen LogP contribution >= 0.6 is 0 Å². The number of piperidine rings is 1. The number of hydrogen-bond acceptors (Lipinski definition) is 5. The van der Waals surface area contributed by atoms with Crippen LogP contribution in [0.4, 0.5) is 0 Å². The summed E-state index contributed by atoms with van der Waals surface area (Å²) in [6.07, 6.45) is 7.85. The first-order valence-electron chi connectivity index (χ1n) is 10.5. The molecule has 7 nitrogen and oxygen atoms in total. The van der Waals surface area contributed by atoms with Gasteiger partial charge in [0.05, 0.1) is 0 Å². The largest absolute Gasteiger partial charge is 0.342 e. The topological polar surface area (TPSA) is 67.2 Å². The summed E-state index contributed by atoms with van der Waals surface area (Å²) >= 11 is 0.